The number of piperidine rings is 1. The first-order valence-electron chi connectivity index (χ1n) is 8.07. The molecule has 1 unspecified atom stereocenters. The van der Waals surface area contributed by atoms with Crippen molar-refractivity contribution in [2.24, 2.45) is 11.8 Å². The van der Waals surface area contributed by atoms with E-state index in [1.165, 1.54) is 0 Å². The Bertz CT molecular complexity index is 528. The summed E-state index contributed by atoms with van der Waals surface area (Å²) >= 11 is 0. The minimum Gasteiger partial charge on any atom is -0.352 e. The number of rotatable bonds is 4. The summed E-state index contributed by atoms with van der Waals surface area (Å²) in [5.41, 5.74) is 0.687. The van der Waals surface area contributed by atoms with Crippen LogP contribution in [0.1, 0.15) is 23.2 Å². The topological polar surface area (TPSA) is 61.4 Å². The van der Waals surface area contributed by atoms with Gasteiger partial charge in [0.1, 0.15) is 0 Å². The van der Waals surface area contributed by atoms with Crippen LogP contribution in [0.3, 0.4) is 0 Å². The van der Waals surface area contributed by atoms with E-state index in [1.807, 2.05) is 35.2 Å². The van der Waals surface area contributed by atoms with Crippen LogP contribution in [-0.2, 0) is 4.79 Å². The molecule has 3 rings (SSSR count). The van der Waals surface area contributed by atoms with Gasteiger partial charge in [-0.3, -0.25) is 9.59 Å². The van der Waals surface area contributed by atoms with Crippen molar-refractivity contribution in [2.75, 3.05) is 32.7 Å². The lowest BCUT2D eigenvalue weighted by atomic mass is 9.94. The lowest BCUT2D eigenvalue weighted by Crippen LogP contribution is -2.54. The maximum Gasteiger partial charge on any atom is 0.251 e. The van der Waals surface area contributed by atoms with Crippen LogP contribution in [0.4, 0.5) is 0 Å². The Morgan fingerprint density at radius 2 is 2.00 bits per heavy atom. The summed E-state index contributed by atoms with van der Waals surface area (Å²) in [7, 11) is 0. The van der Waals surface area contributed by atoms with Gasteiger partial charge in [0.2, 0.25) is 5.91 Å². The lowest BCUT2D eigenvalue weighted by Gasteiger charge is -2.37. The van der Waals surface area contributed by atoms with Crippen LogP contribution in [0.2, 0.25) is 0 Å². The second-order valence-electron chi connectivity index (χ2n) is 6.22. The maximum absolute atomic E-state index is 12.3. The van der Waals surface area contributed by atoms with E-state index in [0.717, 1.165) is 39.0 Å². The highest BCUT2D eigenvalue weighted by atomic mass is 16.2. The number of nitrogens with one attached hydrogen (secondary N) is 2. The molecule has 2 aliphatic rings. The molecule has 1 aromatic carbocycles. The molecule has 1 aromatic rings. The molecule has 2 fully saturated rings. The molecule has 5 heteroatoms. The molecule has 0 radical (unpaired) electrons. The Labute approximate surface area is 131 Å². The van der Waals surface area contributed by atoms with E-state index >= 15 is 0 Å². The Balaban J connectivity index is 1.48. The molecule has 0 spiro atoms. The first-order chi connectivity index (χ1) is 10.7. The van der Waals surface area contributed by atoms with Gasteiger partial charge in [-0.05, 0) is 30.9 Å². The average molecular weight is 301 g/mol. The van der Waals surface area contributed by atoms with Crippen molar-refractivity contribution in [1.29, 1.82) is 0 Å². The van der Waals surface area contributed by atoms with Gasteiger partial charge in [-0.25, -0.2) is 0 Å². The summed E-state index contributed by atoms with van der Waals surface area (Å²) in [5, 5.41) is 6.14. The van der Waals surface area contributed by atoms with Crippen LogP contribution in [0.15, 0.2) is 30.3 Å². The molecule has 0 aromatic heterocycles. The minimum absolute atomic E-state index is 0.0350. The number of amides is 2. The predicted molar refractivity (Wildman–Crippen MR) is 84.4 cm³/mol. The van der Waals surface area contributed by atoms with Crippen LogP contribution in [0.5, 0.6) is 0 Å². The summed E-state index contributed by atoms with van der Waals surface area (Å²) < 4.78 is 0. The van der Waals surface area contributed by atoms with Gasteiger partial charge in [-0.15, -0.1) is 0 Å². The van der Waals surface area contributed by atoms with Crippen molar-refractivity contribution in [3.05, 3.63) is 35.9 Å². The monoisotopic (exact) mass is 301 g/mol. The summed E-state index contributed by atoms with van der Waals surface area (Å²) in [4.78, 5) is 26.3. The van der Waals surface area contributed by atoms with E-state index in [-0.39, 0.29) is 17.7 Å². The smallest absolute Gasteiger partial charge is 0.251 e. The molecule has 0 aliphatic carbocycles. The van der Waals surface area contributed by atoms with Crippen LogP contribution in [0.25, 0.3) is 0 Å². The van der Waals surface area contributed by atoms with Crippen molar-refractivity contribution in [1.82, 2.24) is 15.5 Å². The molecule has 1 atom stereocenters. The summed E-state index contributed by atoms with van der Waals surface area (Å²) in [6.07, 6.45) is 2.10. The van der Waals surface area contributed by atoms with Crippen molar-refractivity contribution in [2.45, 2.75) is 12.8 Å². The minimum atomic E-state index is -0.0350. The zero-order valence-corrected chi connectivity index (χ0v) is 12.8. The Morgan fingerprint density at radius 3 is 2.68 bits per heavy atom. The van der Waals surface area contributed by atoms with E-state index in [9.17, 15) is 9.59 Å². The van der Waals surface area contributed by atoms with Crippen LogP contribution >= 0.6 is 0 Å². The summed E-state index contributed by atoms with van der Waals surface area (Å²) in [6, 6.07) is 9.26. The molecular formula is C17H23N3O2. The number of hydrogen-bond acceptors (Lipinski definition) is 3. The summed E-state index contributed by atoms with van der Waals surface area (Å²) in [5.74, 6) is 0.765. The SMILES string of the molecule is O=C(NCC1CCCN(C(=O)C2CNC2)C1)c1ccccc1. The molecule has 2 amide bonds. The van der Waals surface area contributed by atoms with E-state index in [4.69, 9.17) is 0 Å². The molecule has 0 bridgehead atoms. The van der Waals surface area contributed by atoms with Gasteiger partial charge in [0, 0.05) is 38.3 Å². The standard InChI is InChI=1S/C17H23N3O2/c21-16(14-6-2-1-3-7-14)19-9-13-5-4-8-20(12-13)17(22)15-10-18-11-15/h1-3,6-7,13,15,18H,4-5,8-12H2,(H,19,21). The Hall–Kier alpha value is -1.88. The highest BCUT2D eigenvalue weighted by Gasteiger charge is 2.32. The summed E-state index contributed by atoms with van der Waals surface area (Å²) in [6.45, 7) is 3.89. The van der Waals surface area contributed by atoms with Gasteiger partial charge in [-0.1, -0.05) is 18.2 Å². The second-order valence-corrected chi connectivity index (χ2v) is 6.22. The van der Waals surface area contributed by atoms with E-state index in [0.29, 0.717) is 18.0 Å². The van der Waals surface area contributed by atoms with Gasteiger partial charge < -0.3 is 15.5 Å². The fourth-order valence-electron chi connectivity index (χ4n) is 3.08. The molecule has 2 saturated heterocycles. The normalized spacial score (nSPS) is 22.0. The predicted octanol–water partition coefficient (Wildman–Crippen LogP) is 0.874. The van der Waals surface area contributed by atoms with Gasteiger partial charge in [-0.2, -0.15) is 0 Å². The largest absolute Gasteiger partial charge is 0.352 e. The van der Waals surface area contributed by atoms with E-state index < -0.39 is 0 Å². The quantitative estimate of drug-likeness (QED) is 0.868. The number of likely N-dealkylation sites (tertiary alicyclic amines) is 1. The molecule has 2 heterocycles. The first-order valence-corrected chi connectivity index (χ1v) is 8.07. The molecule has 2 N–H and O–H groups in total. The second kappa shape index (κ2) is 6.92. The molecule has 0 saturated carbocycles. The Morgan fingerprint density at radius 1 is 1.23 bits per heavy atom. The third kappa shape index (κ3) is 3.47. The zero-order chi connectivity index (χ0) is 15.4. The maximum atomic E-state index is 12.3. The number of carbonyl (C=O) groups excluding carboxylic acids is 2. The number of nitrogens with zero attached hydrogens (tertiary/aromatic N) is 1. The fraction of sp³-hybridized carbons (Fsp3) is 0.529. The van der Waals surface area contributed by atoms with Gasteiger partial charge >= 0.3 is 0 Å². The molecule has 2 aliphatic heterocycles. The molecule has 22 heavy (non-hydrogen) atoms. The lowest BCUT2D eigenvalue weighted by molar-refractivity contribution is -0.138. The van der Waals surface area contributed by atoms with Crippen LogP contribution < -0.4 is 10.6 Å². The van der Waals surface area contributed by atoms with Gasteiger partial charge in [0.15, 0.2) is 0 Å². The van der Waals surface area contributed by atoms with Crippen molar-refractivity contribution in [3.63, 3.8) is 0 Å². The van der Waals surface area contributed by atoms with Crippen LogP contribution in [0, 0.1) is 11.8 Å². The van der Waals surface area contributed by atoms with Crippen molar-refractivity contribution < 1.29 is 9.59 Å². The van der Waals surface area contributed by atoms with E-state index in [1.54, 1.807) is 0 Å². The molecular weight excluding hydrogens is 278 g/mol. The zero-order valence-electron chi connectivity index (χ0n) is 12.8. The third-order valence-corrected chi connectivity index (χ3v) is 4.55. The molecule has 5 nitrogen and oxygen atoms in total. The third-order valence-electron chi connectivity index (χ3n) is 4.55. The van der Waals surface area contributed by atoms with E-state index in [2.05, 4.69) is 10.6 Å². The van der Waals surface area contributed by atoms with Crippen molar-refractivity contribution in [3.8, 4) is 0 Å². The molecule has 118 valence electrons. The number of benzene rings is 1. The Kier molecular flexibility index (Phi) is 4.73. The van der Waals surface area contributed by atoms with Crippen molar-refractivity contribution >= 4 is 11.8 Å². The highest BCUT2D eigenvalue weighted by Crippen LogP contribution is 2.19. The van der Waals surface area contributed by atoms with Gasteiger partial charge in [0.05, 0.1) is 5.92 Å². The average Bonchev–Trinajstić information content (AvgIpc) is 2.52. The number of hydrogen-bond donors (Lipinski definition) is 2. The van der Waals surface area contributed by atoms with Gasteiger partial charge in [0.25, 0.3) is 5.91 Å². The fourth-order valence-corrected chi connectivity index (χ4v) is 3.08. The first kappa shape index (κ1) is 15.0. The number of carbonyl (C=O) groups is 2. The van der Waals surface area contributed by atoms with Crippen LogP contribution in [-0.4, -0.2) is 49.4 Å². The highest BCUT2D eigenvalue weighted by molar-refractivity contribution is 5.94.